The molecule has 1 atom stereocenters. The fourth-order valence-electron chi connectivity index (χ4n) is 2.40. The van der Waals surface area contributed by atoms with Gasteiger partial charge in [-0.3, -0.25) is 0 Å². The summed E-state index contributed by atoms with van der Waals surface area (Å²) in [5.41, 5.74) is -1.09. The maximum Gasteiger partial charge on any atom is 0.460 e. The van der Waals surface area contributed by atoms with Gasteiger partial charge in [0.15, 0.2) is 0 Å². The van der Waals surface area contributed by atoms with E-state index in [1.807, 2.05) is 0 Å². The average molecular weight is 558 g/mol. The molecular weight excluding hydrogens is 550 g/mol. The molecule has 35 heavy (non-hydrogen) atoms. The first kappa shape index (κ1) is 31.0. The fourth-order valence-corrected chi connectivity index (χ4v) is 2.40. The lowest BCUT2D eigenvalue weighted by Crippen LogP contribution is -2.74. The smallest absolute Gasteiger partial charge is 0.388 e. The Morgan fingerprint density at radius 1 is 0.571 bits per heavy atom. The van der Waals surface area contributed by atoms with E-state index < -0.39 is 71.5 Å². The van der Waals surface area contributed by atoms with Crippen molar-refractivity contribution in [3.05, 3.63) is 35.6 Å². The van der Waals surface area contributed by atoms with Crippen LogP contribution in [0.3, 0.4) is 0 Å². The molecule has 0 bridgehead atoms. The molecule has 1 nitrogen and oxygen atoms in total. The molecule has 0 heterocycles. The molecule has 0 aliphatic carbocycles. The number of hydrogen-bond acceptors (Lipinski definition) is 1. The minimum atomic E-state index is -8.72. The van der Waals surface area contributed by atoms with E-state index in [1.165, 1.54) is 0 Å². The standard InChI is InChI=1S/C16H8F18O/c17-7-3-1-2-6(4-7)8(35)5-9(18,19)10(20,21)11(22,23)12(24,25)13(26,27)14(28,29)15(30,31)16(32,33)34/h1-4,8,35H,5H2. The molecule has 0 spiro atoms. The van der Waals surface area contributed by atoms with Gasteiger partial charge in [0.2, 0.25) is 0 Å². The summed E-state index contributed by atoms with van der Waals surface area (Å²) in [5, 5.41) is 9.39. The van der Waals surface area contributed by atoms with Crippen molar-refractivity contribution in [1.29, 1.82) is 0 Å². The Bertz CT molecular complexity index is 902. The molecule has 1 N–H and O–H groups in total. The molecule has 0 radical (unpaired) electrons. The van der Waals surface area contributed by atoms with Crippen LogP contribution in [0.5, 0.6) is 0 Å². The molecule has 0 saturated carbocycles. The van der Waals surface area contributed by atoms with Crippen LogP contribution in [0.1, 0.15) is 18.1 Å². The van der Waals surface area contributed by atoms with E-state index in [2.05, 4.69) is 0 Å². The molecule has 204 valence electrons. The summed E-state index contributed by atoms with van der Waals surface area (Å²) in [4.78, 5) is 0. The van der Waals surface area contributed by atoms with Gasteiger partial charge in [-0.05, 0) is 17.7 Å². The maximum atomic E-state index is 13.8. The highest BCUT2D eigenvalue weighted by Gasteiger charge is 2.95. The van der Waals surface area contributed by atoms with Crippen molar-refractivity contribution in [3.8, 4) is 0 Å². The summed E-state index contributed by atoms with van der Waals surface area (Å²) < 4.78 is 237. The Kier molecular flexibility index (Phi) is 7.52. The molecule has 0 saturated heterocycles. The molecule has 1 unspecified atom stereocenters. The second kappa shape index (κ2) is 8.50. The lowest BCUT2D eigenvalue weighted by molar-refractivity contribution is -0.462. The molecule has 0 aliphatic heterocycles. The Labute approximate surface area is 181 Å². The van der Waals surface area contributed by atoms with Crippen molar-refractivity contribution in [2.75, 3.05) is 0 Å². The predicted molar refractivity (Wildman–Crippen MR) is 76.7 cm³/mol. The number of aliphatic hydroxyl groups excluding tert-OH is 1. The van der Waals surface area contributed by atoms with E-state index >= 15 is 0 Å². The van der Waals surface area contributed by atoms with E-state index in [0.717, 1.165) is 0 Å². The van der Waals surface area contributed by atoms with Crippen molar-refractivity contribution < 1.29 is 84.1 Å². The zero-order valence-electron chi connectivity index (χ0n) is 15.8. The van der Waals surface area contributed by atoms with Crippen LogP contribution in [-0.2, 0) is 0 Å². The summed E-state index contributed by atoms with van der Waals surface area (Å²) in [6.45, 7) is 0. The summed E-state index contributed by atoms with van der Waals surface area (Å²) in [6, 6.07) is 1.86. The minimum absolute atomic E-state index is 0.138. The van der Waals surface area contributed by atoms with Crippen LogP contribution in [0.25, 0.3) is 0 Å². The highest BCUT2D eigenvalue weighted by atomic mass is 19.4. The van der Waals surface area contributed by atoms with Gasteiger partial charge in [-0.15, -0.1) is 0 Å². The van der Waals surface area contributed by atoms with Crippen LogP contribution in [0.15, 0.2) is 24.3 Å². The van der Waals surface area contributed by atoms with Gasteiger partial charge in [0.05, 0.1) is 6.10 Å². The van der Waals surface area contributed by atoms with Gasteiger partial charge in [0, 0.05) is 6.42 Å². The number of aliphatic hydroxyl groups is 1. The molecule has 19 heteroatoms. The average Bonchev–Trinajstić information content (AvgIpc) is 2.65. The second-order valence-electron chi connectivity index (χ2n) is 6.92. The lowest BCUT2D eigenvalue weighted by Gasteiger charge is -2.43. The summed E-state index contributed by atoms with van der Waals surface area (Å²) in [7, 11) is 0. The molecule has 0 aromatic heterocycles. The Morgan fingerprint density at radius 2 is 0.943 bits per heavy atom. The van der Waals surface area contributed by atoms with Crippen molar-refractivity contribution in [2.45, 2.75) is 60.2 Å². The predicted octanol–water partition coefficient (Wildman–Crippen LogP) is 7.26. The van der Waals surface area contributed by atoms with Crippen molar-refractivity contribution in [3.63, 3.8) is 0 Å². The van der Waals surface area contributed by atoms with Gasteiger partial charge < -0.3 is 5.11 Å². The second-order valence-corrected chi connectivity index (χ2v) is 6.92. The van der Waals surface area contributed by atoms with Crippen LogP contribution >= 0.6 is 0 Å². The number of rotatable bonds is 9. The van der Waals surface area contributed by atoms with Crippen LogP contribution in [0, 0.1) is 5.82 Å². The highest BCUT2D eigenvalue weighted by Crippen LogP contribution is 2.64. The maximum absolute atomic E-state index is 13.8. The van der Waals surface area contributed by atoms with E-state index in [9.17, 15) is 84.1 Å². The first-order valence-corrected chi connectivity index (χ1v) is 8.28. The number of hydrogen-bond donors (Lipinski definition) is 1. The normalized spacial score (nSPS) is 16.4. The summed E-state index contributed by atoms with van der Waals surface area (Å²) in [5.74, 6) is -58.7. The molecule has 1 aromatic rings. The molecule has 0 fully saturated rings. The van der Waals surface area contributed by atoms with Gasteiger partial charge in [0.25, 0.3) is 0 Å². The third kappa shape index (κ3) is 4.47. The van der Waals surface area contributed by atoms with Gasteiger partial charge in [0.1, 0.15) is 5.82 Å². The quantitative estimate of drug-likeness (QED) is 0.317. The molecule has 1 aromatic carbocycles. The zero-order valence-corrected chi connectivity index (χ0v) is 15.8. The number of benzene rings is 1. The van der Waals surface area contributed by atoms with Crippen LogP contribution in [-0.4, -0.2) is 52.7 Å². The first-order chi connectivity index (χ1) is 15.1. The number of halogens is 18. The molecule has 0 amide bonds. The van der Waals surface area contributed by atoms with Crippen LogP contribution in [0.2, 0.25) is 0 Å². The van der Waals surface area contributed by atoms with Crippen molar-refractivity contribution in [1.82, 2.24) is 0 Å². The van der Waals surface area contributed by atoms with Crippen LogP contribution in [0.4, 0.5) is 79.0 Å². The topological polar surface area (TPSA) is 20.2 Å². The van der Waals surface area contributed by atoms with E-state index in [0.29, 0.717) is 18.2 Å². The van der Waals surface area contributed by atoms with Gasteiger partial charge in [-0.2, -0.15) is 74.6 Å². The zero-order chi connectivity index (χ0) is 28.3. The van der Waals surface area contributed by atoms with E-state index in [-0.39, 0.29) is 6.07 Å². The number of alkyl halides is 17. The Hall–Kier alpha value is -2.08. The molecule has 0 aliphatic rings. The Balaban J connectivity index is 3.54. The molecule has 1 rings (SSSR count). The molecular formula is C16H8F18O. The summed E-state index contributed by atoms with van der Waals surface area (Å²) in [6.07, 6.45) is -14.0. The SMILES string of the molecule is OC(CC(F)(F)C(F)(F)C(F)(F)C(F)(F)C(F)(F)C(F)(F)C(F)(F)C(F)(F)F)c1cccc(F)c1. The highest BCUT2D eigenvalue weighted by molar-refractivity contribution is 5.20. The monoisotopic (exact) mass is 558 g/mol. The van der Waals surface area contributed by atoms with Gasteiger partial charge >= 0.3 is 47.6 Å². The van der Waals surface area contributed by atoms with Crippen molar-refractivity contribution in [2.24, 2.45) is 0 Å². The first-order valence-electron chi connectivity index (χ1n) is 8.28. The van der Waals surface area contributed by atoms with Crippen molar-refractivity contribution >= 4 is 0 Å². The fraction of sp³-hybridized carbons (Fsp3) is 0.625. The third-order valence-electron chi connectivity index (χ3n) is 4.47. The van der Waals surface area contributed by atoms with Gasteiger partial charge in [-0.25, -0.2) is 4.39 Å². The van der Waals surface area contributed by atoms with Gasteiger partial charge in [-0.1, -0.05) is 12.1 Å². The minimum Gasteiger partial charge on any atom is -0.388 e. The van der Waals surface area contributed by atoms with Crippen LogP contribution < -0.4 is 0 Å². The lowest BCUT2D eigenvalue weighted by atomic mass is 9.87. The summed E-state index contributed by atoms with van der Waals surface area (Å²) >= 11 is 0. The van der Waals surface area contributed by atoms with E-state index in [4.69, 9.17) is 0 Å². The Morgan fingerprint density at radius 3 is 1.31 bits per heavy atom. The largest absolute Gasteiger partial charge is 0.460 e. The third-order valence-corrected chi connectivity index (χ3v) is 4.47. The van der Waals surface area contributed by atoms with E-state index in [1.54, 1.807) is 0 Å².